The van der Waals surface area contributed by atoms with E-state index in [9.17, 15) is 19.5 Å². The average Bonchev–Trinajstić information content (AvgIpc) is 2.44. The van der Waals surface area contributed by atoms with Gasteiger partial charge in [-0.15, -0.1) is 0 Å². The second-order valence-corrected chi connectivity index (χ2v) is 3.98. The molecule has 0 fully saturated rings. The number of nitrogens with one attached hydrogen (secondary N) is 3. The van der Waals surface area contributed by atoms with Crippen LogP contribution in [0.2, 0.25) is 0 Å². The monoisotopic (exact) mass is 289 g/mol. The van der Waals surface area contributed by atoms with Gasteiger partial charge in [-0.05, 0) is 12.1 Å². The van der Waals surface area contributed by atoms with Gasteiger partial charge in [-0.1, -0.05) is 12.1 Å². The van der Waals surface area contributed by atoms with Crippen LogP contribution in [0.3, 0.4) is 0 Å². The van der Waals surface area contributed by atoms with Crippen molar-refractivity contribution >= 4 is 12.1 Å². The smallest absolute Gasteiger partial charge is 0.342 e. The van der Waals surface area contributed by atoms with E-state index in [-0.39, 0.29) is 17.9 Å². The van der Waals surface area contributed by atoms with Crippen molar-refractivity contribution in [3.8, 4) is 5.75 Å². The summed E-state index contributed by atoms with van der Waals surface area (Å²) in [5.74, 6) is -0.569. The number of H-pyrrole nitrogens is 2. The number of hydrogen-bond donors (Lipinski definition) is 4. The predicted molar refractivity (Wildman–Crippen MR) is 73.0 cm³/mol. The molecule has 0 saturated heterocycles. The van der Waals surface area contributed by atoms with Crippen LogP contribution < -0.4 is 16.7 Å². The molecule has 21 heavy (non-hydrogen) atoms. The van der Waals surface area contributed by atoms with Crippen LogP contribution in [0.15, 0.2) is 39.0 Å². The molecular weight excluding hydrogens is 278 g/mol. The Bertz CT molecular complexity index is 792. The van der Waals surface area contributed by atoms with Crippen molar-refractivity contribution in [1.29, 1.82) is 0 Å². The van der Waals surface area contributed by atoms with Crippen LogP contribution in [0.25, 0.3) is 0 Å². The zero-order chi connectivity index (χ0) is 15.2. The molecule has 108 valence electrons. The van der Waals surface area contributed by atoms with Crippen molar-refractivity contribution in [3.05, 3.63) is 56.4 Å². The van der Waals surface area contributed by atoms with E-state index in [1.807, 2.05) is 10.1 Å². The SMILES string of the molecule is O=C(Cc1n[nH]c(=O)[nH]c1=O)N/N=C/c1ccccc1O. The zero-order valence-electron chi connectivity index (χ0n) is 10.7. The molecule has 0 atom stereocenters. The molecule has 0 radical (unpaired) electrons. The normalized spacial score (nSPS) is 10.7. The molecule has 0 bridgehead atoms. The Labute approximate surface area is 117 Å². The Kier molecular flexibility index (Phi) is 4.24. The van der Waals surface area contributed by atoms with Gasteiger partial charge in [0.25, 0.3) is 5.56 Å². The number of para-hydroxylation sites is 1. The number of phenolic OH excluding ortho intramolecular Hbond substituents is 1. The second kappa shape index (κ2) is 6.28. The largest absolute Gasteiger partial charge is 0.507 e. The summed E-state index contributed by atoms with van der Waals surface area (Å²) in [6.45, 7) is 0. The number of aromatic nitrogens is 3. The number of aromatic hydroxyl groups is 1. The second-order valence-electron chi connectivity index (χ2n) is 3.98. The van der Waals surface area contributed by atoms with Crippen LogP contribution >= 0.6 is 0 Å². The van der Waals surface area contributed by atoms with Crippen molar-refractivity contribution in [2.45, 2.75) is 6.42 Å². The topological polar surface area (TPSA) is 140 Å². The lowest BCUT2D eigenvalue weighted by atomic mass is 10.2. The molecule has 0 spiro atoms. The Morgan fingerprint density at radius 3 is 2.86 bits per heavy atom. The first kappa shape index (κ1) is 14.2. The third-order valence-electron chi connectivity index (χ3n) is 2.44. The van der Waals surface area contributed by atoms with Crippen LogP contribution in [-0.4, -0.2) is 32.4 Å². The molecule has 1 aromatic heterocycles. The Morgan fingerprint density at radius 1 is 1.38 bits per heavy atom. The minimum Gasteiger partial charge on any atom is -0.507 e. The van der Waals surface area contributed by atoms with Crippen LogP contribution in [0.4, 0.5) is 0 Å². The summed E-state index contributed by atoms with van der Waals surface area (Å²) in [5.41, 5.74) is 0.992. The maximum absolute atomic E-state index is 11.6. The Morgan fingerprint density at radius 2 is 2.14 bits per heavy atom. The van der Waals surface area contributed by atoms with E-state index in [1.54, 1.807) is 18.2 Å². The number of rotatable bonds is 4. The van der Waals surface area contributed by atoms with Gasteiger partial charge in [0.05, 0.1) is 12.6 Å². The molecular formula is C12H11N5O4. The first-order valence-electron chi connectivity index (χ1n) is 5.84. The van der Waals surface area contributed by atoms with E-state index in [0.717, 1.165) is 0 Å². The van der Waals surface area contributed by atoms with Gasteiger partial charge >= 0.3 is 5.69 Å². The fraction of sp³-hybridized carbons (Fsp3) is 0.0833. The summed E-state index contributed by atoms with van der Waals surface area (Å²) in [7, 11) is 0. The first-order valence-corrected chi connectivity index (χ1v) is 5.84. The lowest BCUT2D eigenvalue weighted by Gasteiger charge is -1.99. The molecule has 0 saturated carbocycles. The molecule has 4 N–H and O–H groups in total. The number of amides is 1. The van der Waals surface area contributed by atoms with Gasteiger partial charge in [0.15, 0.2) is 0 Å². The summed E-state index contributed by atoms with van der Waals surface area (Å²) in [5, 5.41) is 18.6. The number of hydrogen-bond acceptors (Lipinski definition) is 6. The van der Waals surface area contributed by atoms with Crippen molar-refractivity contribution in [2.24, 2.45) is 5.10 Å². The van der Waals surface area contributed by atoms with Gasteiger partial charge < -0.3 is 5.11 Å². The summed E-state index contributed by atoms with van der Waals surface area (Å²) < 4.78 is 0. The van der Waals surface area contributed by atoms with E-state index in [0.29, 0.717) is 5.56 Å². The summed E-state index contributed by atoms with van der Waals surface area (Å²) >= 11 is 0. The third-order valence-corrected chi connectivity index (χ3v) is 2.44. The van der Waals surface area contributed by atoms with Gasteiger partial charge in [-0.25, -0.2) is 15.3 Å². The number of benzene rings is 1. The average molecular weight is 289 g/mol. The number of hydrazone groups is 1. The van der Waals surface area contributed by atoms with Crippen LogP contribution in [0.5, 0.6) is 5.75 Å². The molecule has 0 aliphatic rings. The molecule has 9 nitrogen and oxygen atoms in total. The van der Waals surface area contributed by atoms with Crippen molar-refractivity contribution in [3.63, 3.8) is 0 Å². The van der Waals surface area contributed by atoms with Crippen LogP contribution in [0, 0.1) is 0 Å². The summed E-state index contributed by atoms with van der Waals surface area (Å²) in [4.78, 5) is 35.6. The number of carbonyl (C=O) groups excluding carboxylic acids is 1. The maximum Gasteiger partial charge on any atom is 0.342 e. The molecule has 0 aliphatic heterocycles. The maximum atomic E-state index is 11.6. The number of nitrogens with zero attached hydrogens (tertiary/aromatic N) is 2. The molecule has 1 heterocycles. The highest BCUT2D eigenvalue weighted by Crippen LogP contribution is 2.12. The fourth-order valence-electron chi connectivity index (χ4n) is 1.45. The van der Waals surface area contributed by atoms with E-state index >= 15 is 0 Å². The van der Waals surface area contributed by atoms with E-state index in [4.69, 9.17) is 0 Å². The number of aromatic amines is 2. The molecule has 0 aliphatic carbocycles. The van der Waals surface area contributed by atoms with Crippen molar-refractivity contribution < 1.29 is 9.90 Å². The van der Waals surface area contributed by atoms with Crippen molar-refractivity contribution in [1.82, 2.24) is 20.6 Å². The predicted octanol–water partition coefficient (Wildman–Crippen LogP) is -1.14. The number of phenols is 1. The third kappa shape index (κ3) is 3.86. The molecule has 2 rings (SSSR count). The minimum atomic E-state index is -0.748. The fourth-order valence-corrected chi connectivity index (χ4v) is 1.45. The molecule has 1 amide bonds. The molecule has 9 heteroatoms. The van der Waals surface area contributed by atoms with Gasteiger partial charge in [-0.2, -0.15) is 10.2 Å². The van der Waals surface area contributed by atoms with E-state index in [1.165, 1.54) is 12.3 Å². The highest BCUT2D eigenvalue weighted by molar-refractivity contribution is 5.85. The molecule has 1 aromatic carbocycles. The highest BCUT2D eigenvalue weighted by Gasteiger charge is 2.08. The lowest BCUT2D eigenvalue weighted by Crippen LogP contribution is -2.31. The minimum absolute atomic E-state index is 0.0224. The molecule has 2 aromatic rings. The van der Waals surface area contributed by atoms with Gasteiger partial charge in [-0.3, -0.25) is 14.6 Å². The van der Waals surface area contributed by atoms with Crippen LogP contribution in [-0.2, 0) is 11.2 Å². The van der Waals surface area contributed by atoms with Gasteiger partial charge in [0.1, 0.15) is 11.4 Å². The first-order chi connectivity index (χ1) is 10.1. The standard InChI is InChI=1S/C12H11N5O4/c18-9-4-2-1-3-7(9)6-13-16-10(19)5-8-11(20)14-12(21)17-15-8/h1-4,6,18H,5H2,(H,16,19)(H2,14,17,20,21)/b13-6+. The van der Waals surface area contributed by atoms with Crippen LogP contribution in [0.1, 0.15) is 11.3 Å². The summed E-state index contributed by atoms with van der Waals surface area (Å²) in [6.07, 6.45) is 0.919. The lowest BCUT2D eigenvalue weighted by molar-refractivity contribution is -0.120. The number of carbonyl (C=O) groups is 1. The Balaban J connectivity index is 1.98. The molecule has 0 unspecified atom stereocenters. The van der Waals surface area contributed by atoms with Gasteiger partial charge in [0.2, 0.25) is 5.91 Å². The van der Waals surface area contributed by atoms with E-state index in [2.05, 4.69) is 15.6 Å². The quantitative estimate of drug-likeness (QED) is 0.416. The zero-order valence-corrected chi connectivity index (χ0v) is 10.7. The van der Waals surface area contributed by atoms with E-state index < -0.39 is 17.2 Å². The Hall–Kier alpha value is -3.23. The highest BCUT2D eigenvalue weighted by atomic mass is 16.3. The van der Waals surface area contributed by atoms with Crippen molar-refractivity contribution in [2.75, 3.05) is 0 Å². The van der Waals surface area contributed by atoms with Gasteiger partial charge in [0, 0.05) is 5.56 Å². The summed E-state index contributed by atoms with van der Waals surface area (Å²) in [6, 6.07) is 6.44.